The van der Waals surface area contributed by atoms with Gasteiger partial charge in [-0.1, -0.05) is 22.0 Å². The maximum atomic E-state index is 11.9. The van der Waals surface area contributed by atoms with Crippen LogP contribution in [0.1, 0.15) is 5.56 Å². The average molecular weight is 364 g/mol. The molecule has 0 aliphatic carbocycles. The summed E-state index contributed by atoms with van der Waals surface area (Å²) in [4.78, 5) is 22.1. The van der Waals surface area contributed by atoms with Gasteiger partial charge in [-0.2, -0.15) is 5.26 Å². The molecule has 0 radical (unpaired) electrons. The molecule has 0 unspecified atom stereocenters. The van der Waals surface area contributed by atoms with Crippen molar-refractivity contribution in [1.82, 2.24) is 4.57 Å². The van der Waals surface area contributed by atoms with Gasteiger partial charge < -0.3 is 9.30 Å². The van der Waals surface area contributed by atoms with Crippen molar-refractivity contribution in [3.05, 3.63) is 67.0 Å². The van der Waals surface area contributed by atoms with E-state index in [-0.39, 0.29) is 24.4 Å². The summed E-state index contributed by atoms with van der Waals surface area (Å²) in [5.41, 5.74) is -1.15. The second-order valence-electron chi connectivity index (χ2n) is 4.29. The number of halogens is 1. The summed E-state index contributed by atoms with van der Waals surface area (Å²) in [7, 11) is 0. The minimum absolute atomic E-state index is 0.0989. The summed E-state index contributed by atoms with van der Waals surface area (Å²) in [6, 6.07) is 9.78. The Bertz CT molecular complexity index is 810. The number of pyridine rings is 1. The van der Waals surface area contributed by atoms with Crippen LogP contribution in [0.15, 0.2) is 45.8 Å². The number of benzene rings is 1. The fraction of sp³-hybridized carbons (Fsp3) is 0.143. The van der Waals surface area contributed by atoms with Crippen molar-refractivity contribution in [2.45, 2.75) is 6.54 Å². The van der Waals surface area contributed by atoms with E-state index in [0.717, 1.165) is 21.3 Å². The molecule has 1 aromatic carbocycles. The zero-order chi connectivity index (χ0) is 16.1. The highest BCUT2D eigenvalue weighted by Gasteiger charge is 2.13. The zero-order valence-electron chi connectivity index (χ0n) is 11.2. The molecule has 0 atom stereocenters. The molecule has 2 aromatic rings. The maximum absolute atomic E-state index is 11.9. The van der Waals surface area contributed by atoms with E-state index < -0.39 is 10.5 Å². The fourth-order valence-corrected chi connectivity index (χ4v) is 2.16. The van der Waals surface area contributed by atoms with Crippen molar-refractivity contribution in [1.29, 1.82) is 5.26 Å². The quantitative estimate of drug-likeness (QED) is 0.600. The van der Waals surface area contributed by atoms with E-state index in [1.165, 1.54) is 0 Å². The Kier molecular flexibility index (Phi) is 4.91. The number of hydrogen-bond acceptors (Lipinski definition) is 5. The van der Waals surface area contributed by atoms with Gasteiger partial charge in [0.2, 0.25) is 0 Å². The molecule has 1 heterocycles. The molecular weight excluding hydrogens is 354 g/mol. The molecular formula is C14H10BrN3O4. The number of nitriles is 1. The van der Waals surface area contributed by atoms with Crippen LogP contribution in [-0.4, -0.2) is 16.1 Å². The predicted octanol–water partition coefficient (Wildman–Crippen LogP) is 2.47. The van der Waals surface area contributed by atoms with Crippen LogP contribution in [0.5, 0.6) is 5.75 Å². The maximum Gasteiger partial charge on any atom is 0.287 e. The molecule has 112 valence electrons. The van der Waals surface area contributed by atoms with Gasteiger partial charge in [-0.3, -0.25) is 14.9 Å². The van der Waals surface area contributed by atoms with E-state index in [4.69, 9.17) is 10.00 Å². The molecule has 22 heavy (non-hydrogen) atoms. The van der Waals surface area contributed by atoms with Gasteiger partial charge in [0.15, 0.2) is 0 Å². The zero-order valence-corrected chi connectivity index (χ0v) is 12.8. The van der Waals surface area contributed by atoms with E-state index in [0.29, 0.717) is 5.75 Å². The number of nitro groups is 1. The molecule has 0 N–H and O–H groups in total. The van der Waals surface area contributed by atoms with Crippen molar-refractivity contribution >= 4 is 21.6 Å². The SMILES string of the molecule is N#Cc1cc([N+](=O)[O-])cn(CCOc2cccc(Br)c2)c1=O. The molecule has 7 nitrogen and oxygen atoms in total. The average Bonchev–Trinajstić information content (AvgIpc) is 2.48. The van der Waals surface area contributed by atoms with Crippen molar-refractivity contribution in [2.75, 3.05) is 6.61 Å². The first kappa shape index (κ1) is 15.7. The number of aromatic nitrogens is 1. The molecule has 0 saturated carbocycles. The first-order chi connectivity index (χ1) is 10.5. The van der Waals surface area contributed by atoms with Gasteiger partial charge in [0.1, 0.15) is 24.0 Å². The van der Waals surface area contributed by atoms with Gasteiger partial charge in [0, 0.05) is 10.5 Å². The second-order valence-corrected chi connectivity index (χ2v) is 5.20. The van der Waals surface area contributed by atoms with E-state index in [2.05, 4.69) is 15.9 Å². The van der Waals surface area contributed by atoms with Gasteiger partial charge in [0.25, 0.3) is 11.2 Å². The van der Waals surface area contributed by atoms with Crippen LogP contribution in [-0.2, 0) is 6.54 Å². The van der Waals surface area contributed by atoms with E-state index in [9.17, 15) is 14.9 Å². The highest BCUT2D eigenvalue weighted by atomic mass is 79.9. The van der Waals surface area contributed by atoms with Crippen LogP contribution in [0.25, 0.3) is 0 Å². The molecule has 0 saturated heterocycles. The highest BCUT2D eigenvalue weighted by Crippen LogP contribution is 2.17. The van der Waals surface area contributed by atoms with Crippen LogP contribution in [0.2, 0.25) is 0 Å². The van der Waals surface area contributed by atoms with Crippen molar-refractivity contribution in [3.8, 4) is 11.8 Å². The standard InChI is InChI=1S/C14H10BrN3O4/c15-11-2-1-3-13(7-11)22-5-4-17-9-12(18(20)21)6-10(8-16)14(17)19/h1-3,6-7,9H,4-5H2. The molecule has 0 spiro atoms. The Morgan fingerprint density at radius 2 is 2.18 bits per heavy atom. The van der Waals surface area contributed by atoms with E-state index in [1.54, 1.807) is 24.3 Å². The molecule has 0 fully saturated rings. The molecule has 0 aliphatic rings. The van der Waals surface area contributed by atoms with Crippen LogP contribution < -0.4 is 10.3 Å². The Hall–Kier alpha value is -2.66. The first-order valence-corrected chi connectivity index (χ1v) is 6.98. The molecule has 0 amide bonds. The predicted molar refractivity (Wildman–Crippen MR) is 81.7 cm³/mol. The van der Waals surface area contributed by atoms with Gasteiger partial charge in [-0.25, -0.2) is 0 Å². The third-order valence-corrected chi connectivity index (χ3v) is 3.29. The Balaban J connectivity index is 2.16. The van der Waals surface area contributed by atoms with Crippen molar-refractivity contribution in [3.63, 3.8) is 0 Å². The summed E-state index contributed by atoms with van der Waals surface area (Å²) in [6.07, 6.45) is 1.10. The Morgan fingerprint density at radius 1 is 1.41 bits per heavy atom. The smallest absolute Gasteiger partial charge is 0.287 e. The number of hydrogen-bond donors (Lipinski definition) is 0. The second kappa shape index (κ2) is 6.87. The van der Waals surface area contributed by atoms with Crippen molar-refractivity contribution < 1.29 is 9.66 Å². The summed E-state index contributed by atoms with van der Waals surface area (Å²) in [5.74, 6) is 0.605. The first-order valence-electron chi connectivity index (χ1n) is 6.18. The number of rotatable bonds is 5. The van der Waals surface area contributed by atoms with Gasteiger partial charge >= 0.3 is 0 Å². The minimum Gasteiger partial charge on any atom is -0.492 e. The van der Waals surface area contributed by atoms with E-state index >= 15 is 0 Å². The van der Waals surface area contributed by atoms with Gasteiger partial charge in [0.05, 0.1) is 17.7 Å². The summed E-state index contributed by atoms with van der Waals surface area (Å²) in [5, 5.41) is 19.7. The summed E-state index contributed by atoms with van der Waals surface area (Å²) in [6.45, 7) is 0.240. The number of nitrogens with zero attached hydrogens (tertiary/aromatic N) is 3. The fourth-order valence-electron chi connectivity index (χ4n) is 1.78. The lowest BCUT2D eigenvalue weighted by molar-refractivity contribution is -0.385. The van der Waals surface area contributed by atoms with E-state index in [1.807, 2.05) is 6.07 Å². The molecule has 1 aromatic heterocycles. The van der Waals surface area contributed by atoms with Crippen LogP contribution in [0.3, 0.4) is 0 Å². The lowest BCUT2D eigenvalue weighted by atomic mass is 10.2. The summed E-state index contributed by atoms with van der Waals surface area (Å²) < 4.78 is 7.43. The lowest BCUT2D eigenvalue weighted by Gasteiger charge is -2.08. The van der Waals surface area contributed by atoms with Crippen LogP contribution >= 0.6 is 15.9 Å². The van der Waals surface area contributed by atoms with Crippen LogP contribution in [0, 0.1) is 21.4 Å². The Labute approximate surface area is 133 Å². The molecule has 2 rings (SSSR count). The monoisotopic (exact) mass is 363 g/mol. The van der Waals surface area contributed by atoms with Gasteiger partial charge in [-0.05, 0) is 18.2 Å². The van der Waals surface area contributed by atoms with Gasteiger partial charge in [-0.15, -0.1) is 0 Å². The lowest BCUT2D eigenvalue weighted by Crippen LogP contribution is -2.25. The Morgan fingerprint density at radius 3 is 2.82 bits per heavy atom. The molecule has 0 bridgehead atoms. The highest BCUT2D eigenvalue weighted by molar-refractivity contribution is 9.10. The third-order valence-electron chi connectivity index (χ3n) is 2.80. The van der Waals surface area contributed by atoms with Crippen LogP contribution in [0.4, 0.5) is 5.69 Å². The minimum atomic E-state index is -0.647. The third kappa shape index (κ3) is 3.71. The number of ether oxygens (including phenoxy) is 1. The largest absolute Gasteiger partial charge is 0.492 e. The topological polar surface area (TPSA) is 98.2 Å². The van der Waals surface area contributed by atoms with Crippen molar-refractivity contribution in [2.24, 2.45) is 0 Å². The molecule has 0 aliphatic heterocycles. The normalized spacial score (nSPS) is 10.0. The summed E-state index contributed by atoms with van der Waals surface area (Å²) >= 11 is 3.31. The molecule has 8 heteroatoms.